The minimum Gasteiger partial charge on any atom is -0.394 e. The molecule has 1 spiro atoms. The highest BCUT2D eigenvalue weighted by molar-refractivity contribution is 5.29. The number of aliphatic hydroxyl groups excluding tert-OH is 8. The smallest absolute Gasteiger partial charge is 0.187 e. The minimum atomic E-state index is -1.71. The Balaban J connectivity index is 0.844. The summed E-state index contributed by atoms with van der Waals surface area (Å²) in [6.07, 6.45) is -10.7. The first-order valence-corrected chi connectivity index (χ1v) is 22.9. The predicted octanol–water partition coefficient (Wildman–Crippen LogP) is -0.0319. The van der Waals surface area contributed by atoms with Crippen molar-refractivity contribution in [2.45, 2.75) is 202 Å². The highest BCUT2D eigenvalue weighted by Crippen LogP contribution is 2.72. The maximum Gasteiger partial charge on any atom is 0.187 e. The van der Waals surface area contributed by atoms with Gasteiger partial charge in [0.15, 0.2) is 24.7 Å². The van der Waals surface area contributed by atoms with E-state index in [1.54, 1.807) is 0 Å². The number of ether oxygens (including phenoxy) is 8. The van der Waals surface area contributed by atoms with E-state index in [4.69, 9.17) is 37.9 Å². The van der Waals surface area contributed by atoms with Crippen LogP contribution in [0.4, 0.5) is 0 Å². The van der Waals surface area contributed by atoms with Crippen molar-refractivity contribution in [2.24, 2.45) is 40.4 Å². The normalized spacial score (nSPS) is 58.2. The number of fused-ring (bicyclic) bond motifs is 7. The predicted molar refractivity (Wildman–Crippen MR) is 210 cm³/mol. The quantitative estimate of drug-likeness (QED) is 0.145. The second-order valence-corrected chi connectivity index (χ2v) is 20.7. The molecule has 0 amide bonds. The van der Waals surface area contributed by atoms with Crippen molar-refractivity contribution >= 4 is 0 Å². The van der Waals surface area contributed by atoms with E-state index < -0.39 is 111 Å². The van der Waals surface area contributed by atoms with E-state index in [1.807, 2.05) is 0 Å². The maximum absolute atomic E-state index is 12.7. The molecule has 348 valence electrons. The molecule has 3 saturated carbocycles. The number of hydrogen-bond acceptors (Lipinski definition) is 17. The molecular formula is C44H70O17. The van der Waals surface area contributed by atoms with E-state index in [1.165, 1.54) is 12.5 Å². The van der Waals surface area contributed by atoms with E-state index in [0.29, 0.717) is 43.1 Å². The van der Waals surface area contributed by atoms with Crippen LogP contribution in [0, 0.1) is 40.4 Å². The summed E-state index contributed by atoms with van der Waals surface area (Å²) >= 11 is 0. The van der Waals surface area contributed by atoms with Crippen molar-refractivity contribution in [1.82, 2.24) is 0 Å². The van der Waals surface area contributed by atoms with Crippen LogP contribution in [0.1, 0.15) is 92.4 Å². The third kappa shape index (κ3) is 6.97. The third-order valence-corrected chi connectivity index (χ3v) is 17.6. The molecule has 9 N–H and O–H groups in total. The van der Waals surface area contributed by atoms with Gasteiger partial charge in [-0.2, -0.15) is 0 Å². The lowest BCUT2D eigenvalue weighted by Gasteiger charge is -2.60. The molecule has 17 nitrogen and oxygen atoms in total. The fourth-order valence-corrected chi connectivity index (χ4v) is 13.8. The molecule has 0 aromatic heterocycles. The van der Waals surface area contributed by atoms with Gasteiger partial charge in [0.1, 0.15) is 66.6 Å². The molecule has 4 aliphatic carbocycles. The largest absolute Gasteiger partial charge is 0.394 e. The van der Waals surface area contributed by atoms with Crippen LogP contribution >= 0.6 is 0 Å². The van der Waals surface area contributed by atoms with Gasteiger partial charge in [0.25, 0.3) is 0 Å². The molecule has 8 fully saturated rings. The van der Waals surface area contributed by atoms with Gasteiger partial charge in [-0.15, -0.1) is 0 Å². The number of aliphatic hydroxyl groups is 9. The summed E-state index contributed by atoms with van der Waals surface area (Å²) in [6, 6.07) is 0. The SMILES string of the molecule is CC1CCC2(OC1)OC1CC3C4CC=C5CC(OC6OC(CO)C(OC7OC(CO)C(O)C7OC7OC(C)C(O)C(O)C7O)C(O)C6O)CCC5(C)C4CCC3(C)C1(O)C2C. The molecule has 5 aliphatic heterocycles. The molecular weight excluding hydrogens is 800 g/mol. The Hall–Kier alpha value is -0.940. The Kier molecular flexibility index (Phi) is 12.2. The second-order valence-electron chi connectivity index (χ2n) is 20.7. The highest BCUT2D eigenvalue weighted by Gasteiger charge is 2.76. The molecule has 0 radical (unpaired) electrons. The monoisotopic (exact) mass is 870 g/mol. The Morgan fingerprint density at radius 2 is 1.39 bits per heavy atom. The molecule has 9 aliphatic rings. The van der Waals surface area contributed by atoms with Crippen LogP contribution in [0.15, 0.2) is 11.6 Å². The van der Waals surface area contributed by atoms with E-state index >= 15 is 0 Å². The molecule has 25 atom stereocenters. The van der Waals surface area contributed by atoms with Crippen molar-refractivity contribution in [1.29, 1.82) is 0 Å². The van der Waals surface area contributed by atoms with E-state index in [9.17, 15) is 46.0 Å². The second kappa shape index (κ2) is 16.4. The summed E-state index contributed by atoms with van der Waals surface area (Å²) in [7, 11) is 0. The van der Waals surface area contributed by atoms with Gasteiger partial charge in [0.05, 0.1) is 38.1 Å². The first-order valence-electron chi connectivity index (χ1n) is 22.9. The van der Waals surface area contributed by atoms with Gasteiger partial charge in [-0.25, -0.2) is 0 Å². The fourth-order valence-electron chi connectivity index (χ4n) is 13.8. The summed E-state index contributed by atoms with van der Waals surface area (Å²) < 4.78 is 48.8. The van der Waals surface area contributed by atoms with Crippen LogP contribution < -0.4 is 0 Å². The van der Waals surface area contributed by atoms with Crippen LogP contribution in [0.25, 0.3) is 0 Å². The van der Waals surface area contributed by atoms with E-state index in [-0.39, 0.29) is 29.0 Å². The van der Waals surface area contributed by atoms with Crippen molar-refractivity contribution in [2.75, 3.05) is 19.8 Å². The molecule has 25 unspecified atom stereocenters. The van der Waals surface area contributed by atoms with Crippen LogP contribution in [-0.2, 0) is 37.9 Å². The summed E-state index contributed by atoms with van der Waals surface area (Å²) in [6.45, 7) is 9.86. The van der Waals surface area contributed by atoms with Gasteiger partial charge in [-0.3, -0.25) is 0 Å². The zero-order valence-corrected chi connectivity index (χ0v) is 36.0. The summed E-state index contributed by atoms with van der Waals surface area (Å²) in [4.78, 5) is 0. The number of hydrogen-bond donors (Lipinski definition) is 9. The van der Waals surface area contributed by atoms with Gasteiger partial charge in [-0.1, -0.05) is 39.3 Å². The Labute approximate surface area is 357 Å². The summed E-state index contributed by atoms with van der Waals surface area (Å²) in [5.41, 5.74) is 0.0129. The summed E-state index contributed by atoms with van der Waals surface area (Å²) in [5.74, 6) is 0.818. The topological polar surface area (TPSA) is 256 Å². The van der Waals surface area contributed by atoms with Crippen LogP contribution in [-0.4, -0.2) is 175 Å². The lowest BCUT2D eigenvalue weighted by atomic mass is 9.46. The standard InChI is InChI=1S/C44H70O17/c1-19-8-13-43(54-18-19)21(3)44(53)29(61-43)15-26-24-7-6-22-14-23(9-11-41(22,4)25(24)10-12-42(26,44)5)56-39-35(52)33(50)36(28(17-46)58-39)59-40-37(31(48)27(16-45)57-40)60-38-34(51)32(49)30(47)20(2)55-38/h6,19-21,23-40,45-53H,7-18H2,1-5H3. The number of allylic oxidation sites excluding steroid dienone is 1. The van der Waals surface area contributed by atoms with Crippen molar-refractivity contribution in [3.8, 4) is 0 Å². The van der Waals surface area contributed by atoms with Crippen molar-refractivity contribution < 1.29 is 83.9 Å². The van der Waals surface area contributed by atoms with Crippen LogP contribution in [0.2, 0.25) is 0 Å². The molecule has 9 rings (SSSR count). The fraction of sp³-hybridized carbons (Fsp3) is 0.955. The zero-order chi connectivity index (χ0) is 43.6. The number of rotatable bonds is 8. The maximum atomic E-state index is 12.7. The molecule has 17 heteroatoms. The molecule has 0 aromatic rings. The average Bonchev–Trinajstić information content (AvgIpc) is 3.75. The molecule has 61 heavy (non-hydrogen) atoms. The first-order chi connectivity index (χ1) is 28.9. The molecule has 5 saturated heterocycles. The van der Waals surface area contributed by atoms with Crippen molar-refractivity contribution in [3.05, 3.63) is 11.6 Å². The lowest BCUT2D eigenvalue weighted by Crippen LogP contribution is -2.62. The van der Waals surface area contributed by atoms with Gasteiger partial charge in [0.2, 0.25) is 0 Å². The molecule has 5 heterocycles. The Morgan fingerprint density at radius 3 is 2.10 bits per heavy atom. The van der Waals surface area contributed by atoms with Crippen LogP contribution in [0.5, 0.6) is 0 Å². The van der Waals surface area contributed by atoms with E-state index in [0.717, 1.165) is 44.9 Å². The van der Waals surface area contributed by atoms with Gasteiger partial charge >= 0.3 is 0 Å². The third-order valence-electron chi connectivity index (χ3n) is 17.6. The highest BCUT2D eigenvalue weighted by atomic mass is 16.8. The minimum absolute atomic E-state index is 0.0651. The Morgan fingerprint density at radius 1 is 0.705 bits per heavy atom. The van der Waals surface area contributed by atoms with Gasteiger partial charge in [-0.05, 0) is 87.4 Å². The van der Waals surface area contributed by atoms with Crippen LogP contribution in [0.3, 0.4) is 0 Å². The van der Waals surface area contributed by atoms with Gasteiger partial charge < -0.3 is 83.9 Å². The van der Waals surface area contributed by atoms with E-state index in [2.05, 4.69) is 33.8 Å². The Bertz CT molecular complexity index is 1610. The molecule has 0 bridgehead atoms. The molecule has 0 aromatic carbocycles. The zero-order valence-electron chi connectivity index (χ0n) is 36.0. The van der Waals surface area contributed by atoms with Crippen molar-refractivity contribution in [3.63, 3.8) is 0 Å². The summed E-state index contributed by atoms with van der Waals surface area (Å²) in [5, 5.41) is 97.8. The first kappa shape index (κ1) is 45.2. The average molecular weight is 871 g/mol. The lowest BCUT2D eigenvalue weighted by molar-refractivity contribution is -0.351. The van der Waals surface area contributed by atoms with Gasteiger partial charge in [0, 0.05) is 17.8 Å².